The SMILES string of the molecule is CCCC1CCC(C(=O)O)C(c2cccc(OC)c2F)C1. The summed E-state index contributed by atoms with van der Waals surface area (Å²) in [5.74, 6) is -1.32. The van der Waals surface area contributed by atoms with E-state index in [2.05, 4.69) is 6.92 Å². The number of benzene rings is 1. The molecule has 1 aliphatic rings. The van der Waals surface area contributed by atoms with E-state index in [-0.39, 0.29) is 11.7 Å². The molecule has 0 aromatic heterocycles. The Morgan fingerprint density at radius 1 is 1.43 bits per heavy atom. The van der Waals surface area contributed by atoms with Gasteiger partial charge in [-0.2, -0.15) is 0 Å². The lowest BCUT2D eigenvalue weighted by Gasteiger charge is -2.34. The number of halogens is 1. The lowest BCUT2D eigenvalue weighted by atomic mass is 9.70. The molecule has 0 radical (unpaired) electrons. The first-order valence-corrected chi connectivity index (χ1v) is 7.63. The molecule has 0 amide bonds. The molecule has 3 atom stereocenters. The van der Waals surface area contributed by atoms with E-state index < -0.39 is 17.7 Å². The smallest absolute Gasteiger partial charge is 0.307 e. The van der Waals surface area contributed by atoms with Crippen LogP contribution in [0.2, 0.25) is 0 Å². The van der Waals surface area contributed by atoms with Gasteiger partial charge in [-0.1, -0.05) is 31.9 Å². The van der Waals surface area contributed by atoms with Gasteiger partial charge in [-0.3, -0.25) is 4.79 Å². The topological polar surface area (TPSA) is 46.5 Å². The second-order valence-electron chi connectivity index (χ2n) is 5.88. The number of hydrogen-bond donors (Lipinski definition) is 1. The third-order valence-electron chi connectivity index (χ3n) is 4.59. The first-order chi connectivity index (χ1) is 10.1. The van der Waals surface area contributed by atoms with Gasteiger partial charge in [0.1, 0.15) is 0 Å². The van der Waals surface area contributed by atoms with Crippen molar-refractivity contribution < 1.29 is 19.0 Å². The third-order valence-corrected chi connectivity index (χ3v) is 4.59. The number of ether oxygens (including phenoxy) is 1. The van der Waals surface area contributed by atoms with Gasteiger partial charge in [0.2, 0.25) is 0 Å². The molecule has 3 nitrogen and oxygen atoms in total. The summed E-state index contributed by atoms with van der Waals surface area (Å²) in [5.41, 5.74) is 0.488. The third kappa shape index (κ3) is 3.36. The molecule has 1 aromatic carbocycles. The Hall–Kier alpha value is -1.58. The van der Waals surface area contributed by atoms with Crippen LogP contribution in [-0.4, -0.2) is 18.2 Å². The van der Waals surface area contributed by atoms with Crippen molar-refractivity contribution in [2.75, 3.05) is 7.11 Å². The van der Waals surface area contributed by atoms with E-state index in [1.165, 1.54) is 7.11 Å². The average molecular weight is 294 g/mol. The highest BCUT2D eigenvalue weighted by Gasteiger charge is 2.37. The Morgan fingerprint density at radius 2 is 2.19 bits per heavy atom. The molecule has 116 valence electrons. The van der Waals surface area contributed by atoms with Crippen LogP contribution < -0.4 is 4.74 Å². The molecule has 1 aliphatic carbocycles. The van der Waals surface area contributed by atoms with Crippen LogP contribution in [0.1, 0.15) is 50.5 Å². The second-order valence-corrected chi connectivity index (χ2v) is 5.88. The molecule has 0 aliphatic heterocycles. The van der Waals surface area contributed by atoms with Gasteiger partial charge >= 0.3 is 5.97 Å². The van der Waals surface area contributed by atoms with Crippen LogP contribution >= 0.6 is 0 Å². The lowest BCUT2D eigenvalue weighted by molar-refractivity contribution is -0.144. The number of methoxy groups -OCH3 is 1. The normalized spacial score (nSPS) is 25.6. The maximum Gasteiger partial charge on any atom is 0.307 e. The van der Waals surface area contributed by atoms with Gasteiger partial charge in [0.25, 0.3) is 0 Å². The zero-order valence-electron chi connectivity index (χ0n) is 12.6. The van der Waals surface area contributed by atoms with E-state index in [4.69, 9.17) is 4.74 Å². The minimum atomic E-state index is -0.822. The molecule has 1 N–H and O–H groups in total. The summed E-state index contributed by atoms with van der Waals surface area (Å²) in [6.45, 7) is 2.13. The number of carbonyl (C=O) groups is 1. The summed E-state index contributed by atoms with van der Waals surface area (Å²) in [5, 5.41) is 9.45. The summed E-state index contributed by atoms with van der Waals surface area (Å²) in [4.78, 5) is 11.5. The van der Waals surface area contributed by atoms with Crippen molar-refractivity contribution in [3.8, 4) is 5.75 Å². The molecule has 0 bridgehead atoms. The Labute approximate surface area is 125 Å². The van der Waals surface area contributed by atoms with Crippen molar-refractivity contribution >= 4 is 5.97 Å². The van der Waals surface area contributed by atoms with Gasteiger partial charge in [0, 0.05) is 5.92 Å². The van der Waals surface area contributed by atoms with Gasteiger partial charge in [-0.15, -0.1) is 0 Å². The fourth-order valence-electron chi connectivity index (χ4n) is 3.54. The number of carboxylic acids is 1. The summed E-state index contributed by atoms with van der Waals surface area (Å²) in [7, 11) is 1.43. The van der Waals surface area contributed by atoms with Crippen molar-refractivity contribution in [1.29, 1.82) is 0 Å². The fraction of sp³-hybridized carbons (Fsp3) is 0.588. The number of carboxylic acid groups (broad SMARTS) is 1. The predicted octanol–water partition coefficient (Wildman–Crippen LogP) is 4.22. The Morgan fingerprint density at radius 3 is 2.81 bits per heavy atom. The van der Waals surface area contributed by atoms with Crippen LogP contribution in [0.4, 0.5) is 4.39 Å². The van der Waals surface area contributed by atoms with Crippen LogP contribution in [-0.2, 0) is 4.79 Å². The molecule has 4 heteroatoms. The number of rotatable bonds is 5. The standard InChI is InChI=1S/C17H23FO3/c1-3-5-11-8-9-13(17(19)20)14(10-11)12-6-4-7-15(21-2)16(12)18/h4,6-7,11,13-14H,3,5,8-10H2,1-2H3,(H,19,20). The van der Waals surface area contributed by atoms with Crippen LogP contribution in [0.3, 0.4) is 0 Å². The van der Waals surface area contributed by atoms with Crippen LogP contribution in [0, 0.1) is 17.7 Å². The lowest BCUT2D eigenvalue weighted by Crippen LogP contribution is -2.30. The maximum absolute atomic E-state index is 14.5. The monoisotopic (exact) mass is 294 g/mol. The summed E-state index contributed by atoms with van der Waals surface area (Å²) in [6.07, 6.45) is 4.45. The molecule has 1 fully saturated rings. The van der Waals surface area contributed by atoms with E-state index in [0.717, 1.165) is 25.7 Å². The summed E-state index contributed by atoms with van der Waals surface area (Å²) < 4.78 is 19.5. The first kappa shape index (κ1) is 15.8. The average Bonchev–Trinajstić information content (AvgIpc) is 2.47. The van der Waals surface area contributed by atoms with Crippen molar-refractivity contribution in [3.05, 3.63) is 29.6 Å². The molecular weight excluding hydrogens is 271 g/mol. The first-order valence-electron chi connectivity index (χ1n) is 7.63. The van der Waals surface area contributed by atoms with Crippen LogP contribution in [0.15, 0.2) is 18.2 Å². The zero-order chi connectivity index (χ0) is 15.4. The molecule has 21 heavy (non-hydrogen) atoms. The van der Waals surface area contributed by atoms with Crippen LogP contribution in [0.25, 0.3) is 0 Å². The molecule has 0 saturated heterocycles. The zero-order valence-corrected chi connectivity index (χ0v) is 12.6. The van der Waals surface area contributed by atoms with Crippen molar-refractivity contribution in [2.45, 2.75) is 44.9 Å². The van der Waals surface area contributed by atoms with Gasteiger partial charge < -0.3 is 9.84 Å². The largest absolute Gasteiger partial charge is 0.494 e. The van der Waals surface area contributed by atoms with E-state index in [9.17, 15) is 14.3 Å². The molecule has 0 spiro atoms. The fourth-order valence-corrected chi connectivity index (χ4v) is 3.54. The highest BCUT2D eigenvalue weighted by Crippen LogP contribution is 2.44. The van der Waals surface area contributed by atoms with Crippen molar-refractivity contribution in [2.24, 2.45) is 11.8 Å². The maximum atomic E-state index is 14.5. The van der Waals surface area contributed by atoms with Crippen LogP contribution in [0.5, 0.6) is 5.75 Å². The molecule has 1 saturated carbocycles. The van der Waals surface area contributed by atoms with E-state index in [1.54, 1.807) is 18.2 Å². The minimum Gasteiger partial charge on any atom is -0.494 e. The van der Waals surface area contributed by atoms with Gasteiger partial charge in [-0.05, 0) is 36.8 Å². The highest BCUT2D eigenvalue weighted by atomic mass is 19.1. The highest BCUT2D eigenvalue weighted by molar-refractivity contribution is 5.71. The van der Waals surface area contributed by atoms with E-state index in [1.807, 2.05) is 0 Å². The van der Waals surface area contributed by atoms with E-state index in [0.29, 0.717) is 17.9 Å². The quantitative estimate of drug-likeness (QED) is 0.884. The second kappa shape index (κ2) is 6.92. The minimum absolute atomic E-state index is 0.189. The molecule has 1 aromatic rings. The predicted molar refractivity (Wildman–Crippen MR) is 79.1 cm³/mol. The molecular formula is C17H23FO3. The molecule has 2 rings (SSSR count). The van der Waals surface area contributed by atoms with E-state index >= 15 is 0 Å². The van der Waals surface area contributed by atoms with Crippen molar-refractivity contribution in [1.82, 2.24) is 0 Å². The number of aliphatic carboxylic acids is 1. The Bertz CT molecular complexity index is 501. The Balaban J connectivity index is 2.33. The van der Waals surface area contributed by atoms with Gasteiger partial charge in [0.05, 0.1) is 13.0 Å². The van der Waals surface area contributed by atoms with Gasteiger partial charge in [-0.25, -0.2) is 4.39 Å². The summed E-state index contributed by atoms with van der Waals surface area (Å²) >= 11 is 0. The van der Waals surface area contributed by atoms with Crippen molar-refractivity contribution in [3.63, 3.8) is 0 Å². The molecule has 0 heterocycles. The Kier molecular flexibility index (Phi) is 5.21. The summed E-state index contributed by atoms with van der Waals surface area (Å²) in [6, 6.07) is 5.01. The number of hydrogen-bond acceptors (Lipinski definition) is 2. The van der Waals surface area contributed by atoms with Gasteiger partial charge in [0.15, 0.2) is 11.6 Å². The molecule has 3 unspecified atom stereocenters.